The molecule has 0 spiro atoms. The van der Waals surface area contributed by atoms with E-state index in [2.05, 4.69) is 5.32 Å². The first-order chi connectivity index (χ1) is 8.38. The molecule has 0 heterocycles. The van der Waals surface area contributed by atoms with Gasteiger partial charge in [-0.1, -0.05) is 32.0 Å². The highest BCUT2D eigenvalue weighted by Gasteiger charge is 2.15. The molecule has 18 heavy (non-hydrogen) atoms. The number of carbonyl (C=O) groups is 1. The summed E-state index contributed by atoms with van der Waals surface area (Å²) in [6.45, 7) is 9.65. The van der Waals surface area contributed by atoms with E-state index in [1.54, 1.807) is 45.0 Å². The number of hydrogen-bond acceptors (Lipinski definition) is 3. The van der Waals surface area contributed by atoms with Crippen LogP contribution in [0.3, 0.4) is 0 Å². The fourth-order valence-electron chi connectivity index (χ4n) is 1.14. The van der Waals surface area contributed by atoms with E-state index < -0.39 is 11.7 Å². The van der Waals surface area contributed by atoms with Crippen LogP contribution in [0.5, 0.6) is 5.75 Å². The summed E-state index contributed by atoms with van der Waals surface area (Å²) in [5, 5.41) is 12.0. The van der Waals surface area contributed by atoms with E-state index in [1.165, 1.54) is 0 Å². The number of ether oxygens (including phenoxy) is 1. The molecule has 0 aliphatic heterocycles. The zero-order valence-corrected chi connectivity index (χ0v) is 11.8. The second kappa shape index (κ2) is 7.58. The standard InChI is InChI=1S/C12H17NO3.C2H6/c1-12(2,3)16-11(15)13-8-9-6-4-5-7-10(9)14;1-2/h4-7,14H,8H2,1-3H3,(H,13,15);1-2H3. The topological polar surface area (TPSA) is 58.6 Å². The van der Waals surface area contributed by atoms with E-state index in [-0.39, 0.29) is 12.3 Å². The Morgan fingerprint density at radius 1 is 1.28 bits per heavy atom. The van der Waals surface area contributed by atoms with Gasteiger partial charge in [-0.3, -0.25) is 0 Å². The van der Waals surface area contributed by atoms with Gasteiger partial charge in [-0.15, -0.1) is 0 Å². The Balaban J connectivity index is 0.00000137. The van der Waals surface area contributed by atoms with Crippen molar-refractivity contribution in [1.29, 1.82) is 0 Å². The van der Waals surface area contributed by atoms with E-state index in [9.17, 15) is 9.90 Å². The molecule has 0 fully saturated rings. The van der Waals surface area contributed by atoms with Crippen LogP contribution in [0.1, 0.15) is 40.2 Å². The molecule has 4 heteroatoms. The minimum atomic E-state index is -0.511. The molecule has 0 aromatic heterocycles. The van der Waals surface area contributed by atoms with Crippen LogP contribution in [-0.4, -0.2) is 16.8 Å². The number of para-hydroxylation sites is 1. The predicted octanol–water partition coefficient (Wildman–Crippen LogP) is 3.44. The molecule has 0 unspecified atom stereocenters. The third kappa shape index (κ3) is 6.78. The number of nitrogens with one attached hydrogen (secondary N) is 1. The Kier molecular flexibility index (Phi) is 6.86. The average Bonchev–Trinajstić information content (AvgIpc) is 2.28. The number of rotatable bonds is 2. The normalized spacial score (nSPS) is 10.1. The minimum Gasteiger partial charge on any atom is -0.508 e. The molecule has 2 N–H and O–H groups in total. The molecule has 1 rings (SSSR count). The summed E-state index contributed by atoms with van der Waals surface area (Å²) in [7, 11) is 0. The number of phenolic OH excluding ortho intramolecular Hbond substituents is 1. The van der Waals surface area contributed by atoms with Crippen molar-refractivity contribution in [1.82, 2.24) is 5.32 Å². The molecular weight excluding hydrogens is 230 g/mol. The summed E-state index contributed by atoms with van der Waals surface area (Å²) in [6, 6.07) is 6.84. The minimum absolute atomic E-state index is 0.165. The molecule has 1 aromatic rings. The molecule has 4 nitrogen and oxygen atoms in total. The molecule has 1 aromatic carbocycles. The second-order valence-electron chi connectivity index (χ2n) is 4.48. The van der Waals surface area contributed by atoms with Crippen molar-refractivity contribution < 1.29 is 14.6 Å². The van der Waals surface area contributed by atoms with Crippen LogP contribution < -0.4 is 5.32 Å². The highest BCUT2D eigenvalue weighted by atomic mass is 16.6. The maximum absolute atomic E-state index is 11.3. The summed E-state index contributed by atoms with van der Waals surface area (Å²) in [6.07, 6.45) is -0.490. The van der Waals surface area contributed by atoms with Crippen molar-refractivity contribution in [2.45, 2.75) is 46.8 Å². The second-order valence-corrected chi connectivity index (χ2v) is 4.48. The van der Waals surface area contributed by atoms with Crippen molar-refractivity contribution in [2.75, 3.05) is 0 Å². The van der Waals surface area contributed by atoms with E-state index in [0.29, 0.717) is 5.56 Å². The van der Waals surface area contributed by atoms with Gasteiger partial charge in [0.05, 0.1) is 0 Å². The smallest absolute Gasteiger partial charge is 0.407 e. The van der Waals surface area contributed by atoms with Crippen LogP contribution in [0.25, 0.3) is 0 Å². The Morgan fingerprint density at radius 3 is 2.33 bits per heavy atom. The van der Waals surface area contributed by atoms with Gasteiger partial charge in [-0.25, -0.2) is 4.79 Å². The van der Waals surface area contributed by atoms with E-state index in [0.717, 1.165) is 0 Å². The highest BCUT2D eigenvalue weighted by molar-refractivity contribution is 5.67. The average molecular weight is 253 g/mol. The summed E-state index contributed by atoms with van der Waals surface area (Å²) >= 11 is 0. The van der Waals surface area contributed by atoms with Crippen LogP contribution in [0, 0.1) is 0 Å². The van der Waals surface area contributed by atoms with Gasteiger partial charge >= 0.3 is 6.09 Å². The molecule has 1 amide bonds. The first kappa shape index (κ1) is 16.3. The van der Waals surface area contributed by atoms with Crippen molar-refractivity contribution >= 4 is 6.09 Å². The molecule has 0 aliphatic carbocycles. The molecule has 0 saturated carbocycles. The van der Waals surface area contributed by atoms with Crippen molar-refractivity contribution in [3.05, 3.63) is 29.8 Å². The van der Waals surface area contributed by atoms with E-state index in [4.69, 9.17) is 4.74 Å². The molecule has 0 aliphatic rings. The Hall–Kier alpha value is -1.71. The van der Waals surface area contributed by atoms with Gasteiger partial charge < -0.3 is 15.2 Å². The first-order valence-corrected chi connectivity index (χ1v) is 6.12. The van der Waals surface area contributed by atoms with Crippen LogP contribution in [0.2, 0.25) is 0 Å². The first-order valence-electron chi connectivity index (χ1n) is 6.12. The van der Waals surface area contributed by atoms with Crippen molar-refractivity contribution in [2.24, 2.45) is 0 Å². The maximum Gasteiger partial charge on any atom is 0.407 e. The van der Waals surface area contributed by atoms with Gasteiger partial charge in [-0.2, -0.15) is 0 Å². The van der Waals surface area contributed by atoms with E-state index >= 15 is 0 Å². The number of carbonyl (C=O) groups excluding carboxylic acids is 1. The summed E-state index contributed by atoms with van der Waals surface area (Å²) in [5.41, 5.74) is 0.149. The zero-order valence-electron chi connectivity index (χ0n) is 11.8. The van der Waals surface area contributed by atoms with Crippen molar-refractivity contribution in [3.63, 3.8) is 0 Å². The zero-order chi connectivity index (χ0) is 14.2. The number of benzene rings is 1. The maximum atomic E-state index is 11.3. The van der Waals surface area contributed by atoms with Gasteiger partial charge in [-0.05, 0) is 26.8 Å². The fraction of sp³-hybridized carbons (Fsp3) is 0.500. The van der Waals surface area contributed by atoms with Crippen molar-refractivity contribution in [3.8, 4) is 5.75 Å². The lowest BCUT2D eigenvalue weighted by Gasteiger charge is -2.19. The lowest BCUT2D eigenvalue weighted by Crippen LogP contribution is -2.32. The van der Waals surface area contributed by atoms with Crippen LogP contribution in [-0.2, 0) is 11.3 Å². The lowest BCUT2D eigenvalue weighted by atomic mass is 10.2. The van der Waals surface area contributed by atoms with Gasteiger partial charge in [0.15, 0.2) is 0 Å². The lowest BCUT2D eigenvalue weighted by molar-refractivity contribution is 0.0523. The number of alkyl carbamates (subject to hydrolysis) is 1. The monoisotopic (exact) mass is 253 g/mol. The number of phenols is 1. The largest absolute Gasteiger partial charge is 0.508 e. The van der Waals surface area contributed by atoms with Crippen LogP contribution in [0.4, 0.5) is 4.79 Å². The molecule has 0 saturated heterocycles. The number of amides is 1. The summed E-state index contributed by atoms with van der Waals surface area (Å²) in [5.74, 6) is 0.165. The van der Waals surface area contributed by atoms with Gasteiger partial charge in [0.2, 0.25) is 0 Å². The number of aromatic hydroxyl groups is 1. The Labute approximate surface area is 109 Å². The Bertz CT molecular complexity index is 370. The molecule has 0 atom stereocenters. The molecule has 102 valence electrons. The predicted molar refractivity (Wildman–Crippen MR) is 72.5 cm³/mol. The van der Waals surface area contributed by atoms with Crippen LogP contribution >= 0.6 is 0 Å². The fourth-order valence-corrected chi connectivity index (χ4v) is 1.14. The molecule has 0 radical (unpaired) electrons. The van der Waals surface area contributed by atoms with Crippen LogP contribution in [0.15, 0.2) is 24.3 Å². The summed E-state index contributed by atoms with van der Waals surface area (Å²) in [4.78, 5) is 11.3. The quantitative estimate of drug-likeness (QED) is 0.848. The third-order valence-corrected chi connectivity index (χ3v) is 1.81. The Morgan fingerprint density at radius 2 is 1.83 bits per heavy atom. The van der Waals surface area contributed by atoms with E-state index in [1.807, 2.05) is 13.8 Å². The highest BCUT2D eigenvalue weighted by Crippen LogP contribution is 2.15. The SMILES string of the molecule is CC.CC(C)(C)OC(=O)NCc1ccccc1O. The van der Waals surface area contributed by atoms with Gasteiger partial charge in [0.1, 0.15) is 11.4 Å². The third-order valence-electron chi connectivity index (χ3n) is 1.81. The summed E-state index contributed by atoms with van der Waals surface area (Å²) < 4.78 is 5.07. The molecular formula is C14H23NO3. The number of hydrogen-bond donors (Lipinski definition) is 2. The molecule has 0 bridgehead atoms. The van der Waals surface area contributed by atoms with Gasteiger partial charge in [0.25, 0.3) is 0 Å². The van der Waals surface area contributed by atoms with Gasteiger partial charge in [0, 0.05) is 12.1 Å².